The maximum Gasteiger partial charge on any atom is 0.199 e. The first-order valence-electron chi connectivity index (χ1n) is 11.6. The van der Waals surface area contributed by atoms with Crippen LogP contribution in [0.2, 0.25) is 0 Å². The third-order valence-electron chi connectivity index (χ3n) is 7.18. The van der Waals surface area contributed by atoms with Gasteiger partial charge in [-0.1, -0.05) is 88.4 Å². The van der Waals surface area contributed by atoms with E-state index < -0.39 is 0 Å². The summed E-state index contributed by atoms with van der Waals surface area (Å²) in [5.74, 6) is 2.22. The molecule has 31 heavy (non-hydrogen) atoms. The van der Waals surface area contributed by atoms with E-state index in [1.165, 1.54) is 11.1 Å². The van der Waals surface area contributed by atoms with E-state index in [0.29, 0.717) is 25.0 Å². The molecule has 0 amide bonds. The van der Waals surface area contributed by atoms with Crippen LogP contribution >= 0.6 is 0 Å². The molecule has 2 heterocycles. The van der Waals surface area contributed by atoms with Crippen LogP contribution < -0.4 is 0 Å². The average Bonchev–Trinajstić information content (AvgIpc) is 3.52. The molecule has 4 atom stereocenters. The number of ether oxygens (including phenoxy) is 2. The maximum absolute atomic E-state index is 6.24. The number of nitrogens with zero attached hydrogens (tertiary/aromatic N) is 2. The molecule has 4 heteroatoms. The molecule has 4 rings (SSSR count). The minimum Gasteiger partial charge on any atom is -0.478 e. The Hall–Kier alpha value is -2.62. The number of rotatable bonds is 8. The summed E-state index contributed by atoms with van der Waals surface area (Å²) in [5.41, 5.74) is 2.22. The zero-order valence-electron chi connectivity index (χ0n) is 19.1. The quantitative estimate of drug-likeness (QED) is 0.528. The predicted octanol–water partition coefficient (Wildman–Crippen LogP) is 5.99. The third-order valence-corrected chi connectivity index (χ3v) is 7.18. The monoisotopic (exact) mass is 418 g/mol. The summed E-state index contributed by atoms with van der Waals surface area (Å²) >= 11 is 0. The molecular weight excluding hydrogens is 384 g/mol. The van der Waals surface area contributed by atoms with Gasteiger partial charge in [0.1, 0.15) is 18.6 Å². The maximum atomic E-state index is 6.24. The lowest BCUT2D eigenvalue weighted by molar-refractivity contribution is 0.239. The van der Waals surface area contributed by atoms with E-state index in [-0.39, 0.29) is 17.5 Å². The zero-order chi connectivity index (χ0) is 21.8. The lowest BCUT2D eigenvalue weighted by Crippen LogP contribution is -2.39. The van der Waals surface area contributed by atoms with E-state index in [4.69, 9.17) is 19.5 Å². The highest BCUT2D eigenvalue weighted by Gasteiger charge is 2.47. The summed E-state index contributed by atoms with van der Waals surface area (Å²) in [7, 11) is 0. The highest BCUT2D eigenvalue weighted by molar-refractivity contribution is 6.06. The van der Waals surface area contributed by atoms with E-state index in [1.54, 1.807) is 0 Å². The van der Waals surface area contributed by atoms with Crippen LogP contribution in [0.4, 0.5) is 0 Å². The summed E-state index contributed by atoms with van der Waals surface area (Å²) in [6.45, 7) is 10.1. The van der Waals surface area contributed by atoms with Gasteiger partial charge in [-0.25, -0.2) is 9.98 Å². The minimum atomic E-state index is -0.379. The van der Waals surface area contributed by atoms with Crippen LogP contribution in [0, 0.1) is 5.41 Å². The summed E-state index contributed by atoms with van der Waals surface area (Å²) in [4.78, 5) is 10.2. The molecule has 4 nitrogen and oxygen atoms in total. The molecule has 0 N–H and O–H groups in total. The molecule has 2 aliphatic heterocycles. The SMILES string of the molecule is CCC(CC)(C1=N[C@@H](C(C)c2ccccc2)CO1)C1=N[C@@H](C(C)c2ccccc2)CO1. The molecule has 0 saturated carbocycles. The Kier molecular flexibility index (Phi) is 6.45. The first-order valence-corrected chi connectivity index (χ1v) is 11.6. The molecule has 0 bridgehead atoms. The summed E-state index contributed by atoms with van der Waals surface area (Å²) < 4.78 is 12.5. The Labute approximate surface area is 186 Å². The number of hydrogen-bond acceptors (Lipinski definition) is 4. The van der Waals surface area contributed by atoms with Gasteiger partial charge in [0.2, 0.25) is 0 Å². The second-order valence-corrected chi connectivity index (χ2v) is 8.81. The van der Waals surface area contributed by atoms with Gasteiger partial charge in [-0.05, 0) is 24.0 Å². The Bertz CT molecular complexity index is 845. The molecule has 0 spiro atoms. The van der Waals surface area contributed by atoms with Crippen molar-refractivity contribution in [1.29, 1.82) is 0 Å². The van der Waals surface area contributed by atoms with E-state index in [9.17, 15) is 0 Å². The standard InChI is InChI=1S/C27H34N2O2/c1-5-27(6-2,25-28-23(17-30-25)19(3)21-13-9-7-10-14-21)26-29-24(18-31-26)20(4)22-15-11-8-12-16-22/h7-16,19-20,23-24H,5-6,17-18H2,1-4H3/t19?,20?,23-,24-/m1/s1. The molecule has 2 aliphatic rings. The lowest BCUT2D eigenvalue weighted by atomic mass is 9.81. The van der Waals surface area contributed by atoms with E-state index >= 15 is 0 Å². The Morgan fingerprint density at radius 2 is 1.13 bits per heavy atom. The fourth-order valence-electron chi connectivity index (χ4n) is 4.72. The first-order chi connectivity index (χ1) is 15.1. The van der Waals surface area contributed by atoms with Crippen LogP contribution in [0.1, 0.15) is 63.5 Å². The fraction of sp³-hybridized carbons (Fsp3) is 0.481. The van der Waals surface area contributed by atoms with Crippen molar-refractivity contribution in [1.82, 2.24) is 0 Å². The van der Waals surface area contributed by atoms with Crippen molar-refractivity contribution in [3.63, 3.8) is 0 Å². The van der Waals surface area contributed by atoms with E-state index in [1.807, 2.05) is 0 Å². The molecule has 2 aromatic rings. The molecule has 0 saturated heterocycles. The van der Waals surface area contributed by atoms with Crippen molar-refractivity contribution < 1.29 is 9.47 Å². The highest BCUT2D eigenvalue weighted by atomic mass is 16.5. The van der Waals surface area contributed by atoms with Crippen molar-refractivity contribution in [2.45, 2.75) is 64.5 Å². The van der Waals surface area contributed by atoms with Crippen LogP contribution in [0.25, 0.3) is 0 Å². The normalized spacial score (nSPS) is 22.8. The zero-order valence-corrected chi connectivity index (χ0v) is 19.1. The second kappa shape index (κ2) is 9.25. The molecular formula is C27H34N2O2. The van der Waals surface area contributed by atoms with Gasteiger partial charge in [-0.2, -0.15) is 0 Å². The number of benzene rings is 2. The topological polar surface area (TPSA) is 43.2 Å². The summed E-state index contributed by atoms with van der Waals surface area (Å²) in [6, 6.07) is 21.4. The molecule has 164 valence electrons. The summed E-state index contributed by atoms with van der Waals surface area (Å²) in [5, 5.41) is 0. The van der Waals surface area contributed by atoms with Gasteiger partial charge >= 0.3 is 0 Å². The van der Waals surface area contributed by atoms with Crippen molar-refractivity contribution in [3.05, 3.63) is 71.8 Å². The third kappa shape index (κ3) is 4.13. The van der Waals surface area contributed by atoms with Gasteiger partial charge in [0.15, 0.2) is 11.8 Å². The molecule has 0 aliphatic carbocycles. The van der Waals surface area contributed by atoms with Gasteiger partial charge in [0.05, 0.1) is 12.1 Å². The highest BCUT2D eigenvalue weighted by Crippen LogP contribution is 2.39. The van der Waals surface area contributed by atoms with Gasteiger partial charge in [0, 0.05) is 11.8 Å². The minimum absolute atomic E-state index is 0.121. The van der Waals surface area contributed by atoms with E-state index in [2.05, 4.69) is 88.4 Å². The van der Waals surface area contributed by atoms with E-state index in [0.717, 1.165) is 24.6 Å². The lowest BCUT2D eigenvalue weighted by Gasteiger charge is -2.29. The van der Waals surface area contributed by atoms with Crippen LogP contribution in [0.5, 0.6) is 0 Å². The van der Waals surface area contributed by atoms with Crippen molar-refractivity contribution in [3.8, 4) is 0 Å². The average molecular weight is 419 g/mol. The molecule has 0 fully saturated rings. The summed E-state index contributed by atoms with van der Waals surface area (Å²) in [6.07, 6.45) is 1.72. The van der Waals surface area contributed by atoms with Crippen LogP contribution in [-0.2, 0) is 9.47 Å². The van der Waals surface area contributed by atoms with Crippen LogP contribution in [0.15, 0.2) is 70.6 Å². The Morgan fingerprint density at radius 3 is 1.48 bits per heavy atom. The Balaban J connectivity index is 1.57. The van der Waals surface area contributed by atoms with Crippen LogP contribution in [-0.4, -0.2) is 37.1 Å². The largest absolute Gasteiger partial charge is 0.478 e. The number of aliphatic imine (C=N–C) groups is 2. The van der Waals surface area contributed by atoms with Gasteiger partial charge < -0.3 is 9.47 Å². The molecule has 2 unspecified atom stereocenters. The van der Waals surface area contributed by atoms with Crippen molar-refractivity contribution in [2.24, 2.45) is 15.4 Å². The predicted molar refractivity (Wildman–Crippen MR) is 127 cm³/mol. The molecule has 0 aromatic heterocycles. The first kappa shape index (κ1) is 21.6. The van der Waals surface area contributed by atoms with Crippen molar-refractivity contribution >= 4 is 11.8 Å². The number of hydrogen-bond donors (Lipinski definition) is 0. The molecule has 0 radical (unpaired) electrons. The van der Waals surface area contributed by atoms with Gasteiger partial charge in [-0.3, -0.25) is 0 Å². The fourth-order valence-corrected chi connectivity index (χ4v) is 4.72. The van der Waals surface area contributed by atoms with Gasteiger partial charge in [-0.15, -0.1) is 0 Å². The van der Waals surface area contributed by atoms with Gasteiger partial charge in [0.25, 0.3) is 0 Å². The molecule has 2 aromatic carbocycles. The van der Waals surface area contributed by atoms with Crippen molar-refractivity contribution in [2.75, 3.05) is 13.2 Å². The second-order valence-electron chi connectivity index (χ2n) is 8.81. The Morgan fingerprint density at radius 1 is 0.742 bits per heavy atom. The van der Waals surface area contributed by atoms with Crippen LogP contribution in [0.3, 0.4) is 0 Å². The smallest absolute Gasteiger partial charge is 0.199 e.